The molecule has 8 heteroatoms. The summed E-state index contributed by atoms with van der Waals surface area (Å²) in [6.07, 6.45) is -4.06. The van der Waals surface area contributed by atoms with E-state index in [1.54, 1.807) is 13.0 Å². The first-order valence-electron chi connectivity index (χ1n) is 12.8. The second-order valence-electron chi connectivity index (χ2n) is 9.57. The molecule has 0 bridgehead atoms. The lowest BCUT2D eigenvalue weighted by molar-refractivity contribution is -0.139. The lowest BCUT2D eigenvalue weighted by atomic mass is 9.93. The summed E-state index contributed by atoms with van der Waals surface area (Å²) in [7, 11) is 0. The number of aryl methyl sites for hydroxylation is 2. The van der Waals surface area contributed by atoms with E-state index in [1.165, 1.54) is 12.1 Å². The van der Waals surface area contributed by atoms with Crippen LogP contribution < -0.4 is 0 Å². The van der Waals surface area contributed by atoms with E-state index in [2.05, 4.69) is 5.16 Å². The number of aliphatic hydroxyl groups excluding tert-OH is 1. The van der Waals surface area contributed by atoms with Gasteiger partial charge in [0, 0.05) is 5.56 Å². The molecule has 39 heavy (non-hydrogen) atoms. The second kappa shape index (κ2) is 11.9. The predicted octanol–water partition coefficient (Wildman–Crippen LogP) is 7.97. The van der Waals surface area contributed by atoms with Crippen LogP contribution in [0.1, 0.15) is 66.2 Å². The largest absolute Gasteiger partial charge is 0.481 e. The number of carboxylic acid groups (broad SMARTS) is 1. The molecule has 3 aromatic carbocycles. The van der Waals surface area contributed by atoms with Gasteiger partial charge in [-0.05, 0) is 60.9 Å². The minimum atomic E-state index is -4.42. The van der Waals surface area contributed by atoms with Gasteiger partial charge < -0.3 is 14.7 Å². The van der Waals surface area contributed by atoms with Gasteiger partial charge in [0.1, 0.15) is 0 Å². The van der Waals surface area contributed by atoms with Crippen molar-refractivity contribution in [1.29, 1.82) is 0 Å². The van der Waals surface area contributed by atoms with Crippen molar-refractivity contribution in [3.8, 4) is 22.5 Å². The Morgan fingerprint density at radius 2 is 1.54 bits per heavy atom. The number of rotatable bonds is 10. The molecule has 0 radical (unpaired) electrons. The summed E-state index contributed by atoms with van der Waals surface area (Å²) in [6.45, 7) is 3.57. The average molecular weight is 538 g/mol. The molecule has 2 unspecified atom stereocenters. The summed E-state index contributed by atoms with van der Waals surface area (Å²) in [4.78, 5) is 11.4. The van der Waals surface area contributed by atoms with Gasteiger partial charge in [0.25, 0.3) is 0 Å². The van der Waals surface area contributed by atoms with E-state index in [0.717, 1.165) is 22.8 Å². The standard InChI is InChI=1S/C31H30F3NO4/c1-3-25(30(37)38)22-15-11-20(12-16-22)21-13-17-24(18-14-21)29-28(19(2)35-39-29)27(36)10-6-8-23-7-4-5-9-26(23)31(32,33)34/h4-5,7,9,11-18,25,27,36H,3,6,8,10H2,1-2H3,(H,37,38). The Balaban J connectivity index is 1.47. The summed E-state index contributed by atoms with van der Waals surface area (Å²) in [5.74, 6) is -0.966. The second-order valence-corrected chi connectivity index (χ2v) is 9.57. The van der Waals surface area contributed by atoms with Gasteiger partial charge in [0.15, 0.2) is 5.76 Å². The van der Waals surface area contributed by atoms with Crippen LogP contribution in [0.15, 0.2) is 77.3 Å². The monoisotopic (exact) mass is 537 g/mol. The van der Waals surface area contributed by atoms with Crippen molar-refractivity contribution in [2.24, 2.45) is 0 Å². The maximum absolute atomic E-state index is 13.3. The van der Waals surface area contributed by atoms with E-state index in [9.17, 15) is 28.2 Å². The highest BCUT2D eigenvalue weighted by molar-refractivity contribution is 5.77. The number of hydrogen-bond donors (Lipinski definition) is 2. The molecular weight excluding hydrogens is 507 g/mol. The van der Waals surface area contributed by atoms with Crippen molar-refractivity contribution >= 4 is 5.97 Å². The Labute approximate surface area is 224 Å². The highest BCUT2D eigenvalue weighted by atomic mass is 19.4. The lowest BCUT2D eigenvalue weighted by Gasteiger charge is -2.14. The normalized spacial score (nSPS) is 13.3. The van der Waals surface area contributed by atoms with Crippen molar-refractivity contribution in [3.05, 3.63) is 101 Å². The SMILES string of the molecule is CCC(C(=O)O)c1ccc(-c2ccc(-c3onc(C)c3C(O)CCCc3ccccc3C(F)(F)F)cc2)cc1. The quantitative estimate of drug-likeness (QED) is 0.214. The van der Waals surface area contributed by atoms with Crippen molar-refractivity contribution in [3.63, 3.8) is 0 Å². The third-order valence-electron chi connectivity index (χ3n) is 6.99. The van der Waals surface area contributed by atoms with Crippen molar-refractivity contribution in [2.75, 3.05) is 0 Å². The zero-order chi connectivity index (χ0) is 28.2. The number of hydrogen-bond acceptors (Lipinski definition) is 4. The number of carboxylic acids is 1. The summed E-state index contributed by atoms with van der Waals surface area (Å²) < 4.78 is 45.4. The van der Waals surface area contributed by atoms with Crippen molar-refractivity contribution in [2.45, 2.75) is 57.7 Å². The Bertz CT molecular complexity index is 1410. The van der Waals surface area contributed by atoms with Gasteiger partial charge in [-0.15, -0.1) is 0 Å². The molecule has 4 rings (SSSR count). The molecule has 0 amide bonds. The summed E-state index contributed by atoms with van der Waals surface area (Å²) >= 11 is 0. The van der Waals surface area contributed by atoms with Crippen molar-refractivity contribution < 1.29 is 32.7 Å². The van der Waals surface area contributed by atoms with Crippen LogP contribution >= 0.6 is 0 Å². The summed E-state index contributed by atoms with van der Waals surface area (Å²) in [6, 6.07) is 20.4. The zero-order valence-electron chi connectivity index (χ0n) is 21.7. The van der Waals surface area contributed by atoms with Crippen LogP contribution in [0.3, 0.4) is 0 Å². The zero-order valence-corrected chi connectivity index (χ0v) is 21.7. The number of aromatic nitrogens is 1. The number of aliphatic hydroxyl groups is 1. The molecule has 2 N–H and O–H groups in total. The Morgan fingerprint density at radius 1 is 0.949 bits per heavy atom. The van der Waals surface area contributed by atoms with Crippen LogP contribution in [0.25, 0.3) is 22.5 Å². The van der Waals surface area contributed by atoms with Crippen LogP contribution in [-0.2, 0) is 17.4 Å². The molecular formula is C31H30F3NO4. The number of nitrogens with zero attached hydrogens (tertiary/aromatic N) is 1. The predicted molar refractivity (Wildman–Crippen MR) is 142 cm³/mol. The molecule has 0 saturated carbocycles. The van der Waals surface area contributed by atoms with E-state index in [0.29, 0.717) is 35.4 Å². The van der Waals surface area contributed by atoms with Gasteiger partial charge in [-0.25, -0.2) is 0 Å². The van der Waals surface area contributed by atoms with Crippen LogP contribution in [0, 0.1) is 6.92 Å². The molecule has 4 aromatic rings. The first-order valence-corrected chi connectivity index (χ1v) is 12.8. The van der Waals surface area contributed by atoms with Crippen LogP contribution in [-0.4, -0.2) is 21.3 Å². The molecule has 0 aliphatic carbocycles. The molecule has 0 saturated heterocycles. The van der Waals surface area contributed by atoms with Gasteiger partial charge in [-0.3, -0.25) is 4.79 Å². The average Bonchev–Trinajstić information content (AvgIpc) is 3.30. The van der Waals surface area contributed by atoms with E-state index in [1.807, 2.05) is 55.5 Å². The first-order chi connectivity index (χ1) is 18.6. The number of carbonyl (C=O) groups is 1. The van der Waals surface area contributed by atoms with Crippen molar-refractivity contribution in [1.82, 2.24) is 5.16 Å². The topological polar surface area (TPSA) is 83.6 Å². The highest BCUT2D eigenvalue weighted by Crippen LogP contribution is 2.36. The maximum atomic E-state index is 13.3. The minimum absolute atomic E-state index is 0.186. The van der Waals surface area contributed by atoms with Crippen LogP contribution in [0.2, 0.25) is 0 Å². The number of halogens is 3. The Morgan fingerprint density at radius 3 is 2.13 bits per heavy atom. The fourth-order valence-corrected chi connectivity index (χ4v) is 4.90. The Kier molecular flexibility index (Phi) is 8.55. The smallest absolute Gasteiger partial charge is 0.416 e. The van der Waals surface area contributed by atoms with E-state index in [-0.39, 0.29) is 18.4 Å². The number of benzene rings is 3. The molecule has 204 valence electrons. The molecule has 0 fully saturated rings. The van der Waals surface area contributed by atoms with Gasteiger partial charge in [-0.2, -0.15) is 13.2 Å². The Hall–Kier alpha value is -3.91. The fourth-order valence-electron chi connectivity index (χ4n) is 4.90. The van der Waals surface area contributed by atoms with E-state index in [4.69, 9.17) is 4.52 Å². The molecule has 1 heterocycles. The number of aliphatic carboxylic acids is 1. The van der Waals surface area contributed by atoms with E-state index < -0.39 is 29.7 Å². The van der Waals surface area contributed by atoms with E-state index >= 15 is 0 Å². The van der Waals surface area contributed by atoms with Gasteiger partial charge in [0.05, 0.1) is 28.8 Å². The summed E-state index contributed by atoms with van der Waals surface area (Å²) in [5.41, 5.74) is 3.92. The molecule has 0 aliphatic rings. The first kappa shape index (κ1) is 28.1. The third-order valence-corrected chi connectivity index (χ3v) is 6.99. The van der Waals surface area contributed by atoms with Gasteiger partial charge in [-0.1, -0.05) is 78.8 Å². The lowest BCUT2D eigenvalue weighted by Crippen LogP contribution is -2.10. The molecule has 1 aromatic heterocycles. The van der Waals surface area contributed by atoms with Crippen LogP contribution in [0.4, 0.5) is 13.2 Å². The summed E-state index contributed by atoms with van der Waals surface area (Å²) in [5, 5.41) is 24.3. The molecule has 0 aliphatic heterocycles. The molecule has 2 atom stereocenters. The highest BCUT2D eigenvalue weighted by Gasteiger charge is 2.32. The van der Waals surface area contributed by atoms with Crippen LogP contribution in [0.5, 0.6) is 0 Å². The molecule has 5 nitrogen and oxygen atoms in total. The molecule has 0 spiro atoms. The van der Waals surface area contributed by atoms with Gasteiger partial charge >= 0.3 is 12.1 Å². The minimum Gasteiger partial charge on any atom is -0.481 e. The fraction of sp³-hybridized carbons (Fsp3) is 0.290. The number of alkyl halides is 3. The maximum Gasteiger partial charge on any atom is 0.416 e. The van der Waals surface area contributed by atoms with Gasteiger partial charge in [0.2, 0.25) is 0 Å². The third kappa shape index (κ3) is 6.40.